The van der Waals surface area contributed by atoms with Gasteiger partial charge in [-0.3, -0.25) is 9.69 Å². The predicted octanol–water partition coefficient (Wildman–Crippen LogP) is 2.35. The molecular formula is C25H35N9O3. The zero-order valence-electron chi connectivity index (χ0n) is 21.9. The van der Waals surface area contributed by atoms with Gasteiger partial charge in [0.2, 0.25) is 17.8 Å². The molecule has 3 fully saturated rings. The molecule has 0 spiro atoms. The van der Waals surface area contributed by atoms with Crippen LogP contribution in [0.5, 0.6) is 0 Å². The van der Waals surface area contributed by atoms with Gasteiger partial charge < -0.3 is 19.5 Å². The number of anilines is 2. The molecule has 2 aromatic heterocycles. The van der Waals surface area contributed by atoms with Crippen LogP contribution < -0.4 is 10.2 Å². The Balaban J connectivity index is 1.23. The van der Waals surface area contributed by atoms with Crippen molar-refractivity contribution in [3.8, 4) is 0 Å². The normalized spacial score (nSPS) is 25.2. The number of nitrogens with one attached hydrogen (secondary N) is 1. The average molecular weight is 510 g/mol. The van der Waals surface area contributed by atoms with Crippen molar-refractivity contribution >= 4 is 23.9 Å². The van der Waals surface area contributed by atoms with E-state index in [9.17, 15) is 9.59 Å². The van der Waals surface area contributed by atoms with Gasteiger partial charge in [0.1, 0.15) is 12.4 Å². The van der Waals surface area contributed by atoms with Gasteiger partial charge in [-0.15, -0.1) is 0 Å². The van der Waals surface area contributed by atoms with Crippen molar-refractivity contribution < 1.29 is 14.3 Å². The molecule has 1 N–H and O–H groups in total. The number of piperazine rings is 1. The Morgan fingerprint density at radius 2 is 1.97 bits per heavy atom. The van der Waals surface area contributed by atoms with Crippen molar-refractivity contribution in [3.63, 3.8) is 0 Å². The van der Waals surface area contributed by atoms with Crippen LogP contribution in [-0.4, -0.2) is 84.1 Å². The van der Waals surface area contributed by atoms with Crippen LogP contribution in [0.15, 0.2) is 25.2 Å². The summed E-state index contributed by atoms with van der Waals surface area (Å²) in [4.78, 5) is 48.4. The molecule has 4 atom stereocenters. The second kappa shape index (κ2) is 10.1. The summed E-state index contributed by atoms with van der Waals surface area (Å²) in [7, 11) is 0. The Morgan fingerprint density at radius 3 is 2.65 bits per heavy atom. The summed E-state index contributed by atoms with van der Waals surface area (Å²) in [5.74, 6) is 1.66. The van der Waals surface area contributed by atoms with Crippen LogP contribution in [0.3, 0.4) is 0 Å². The maximum atomic E-state index is 12.4. The summed E-state index contributed by atoms with van der Waals surface area (Å²) in [6.45, 7) is 14.1. The van der Waals surface area contributed by atoms with Crippen molar-refractivity contribution in [2.24, 2.45) is 5.92 Å². The zero-order chi connectivity index (χ0) is 26.3. The number of hydrogen-bond donors (Lipinski definition) is 1. The first-order chi connectivity index (χ1) is 17.7. The van der Waals surface area contributed by atoms with Gasteiger partial charge in [-0.2, -0.15) is 15.0 Å². The summed E-state index contributed by atoms with van der Waals surface area (Å²) in [5.41, 5.74) is 0.845. The fourth-order valence-electron chi connectivity index (χ4n) is 5.40. The number of amides is 2. The van der Waals surface area contributed by atoms with Gasteiger partial charge >= 0.3 is 6.09 Å². The van der Waals surface area contributed by atoms with E-state index in [4.69, 9.17) is 4.74 Å². The van der Waals surface area contributed by atoms with E-state index < -0.39 is 6.09 Å². The van der Waals surface area contributed by atoms with Crippen molar-refractivity contribution in [2.75, 3.05) is 29.9 Å². The van der Waals surface area contributed by atoms with Crippen molar-refractivity contribution in [1.29, 1.82) is 0 Å². The fourth-order valence-corrected chi connectivity index (χ4v) is 5.40. The molecule has 2 aliphatic heterocycles. The minimum atomic E-state index is -0.404. The third-order valence-corrected chi connectivity index (χ3v) is 7.25. The van der Waals surface area contributed by atoms with Gasteiger partial charge in [-0.05, 0) is 52.5 Å². The minimum absolute atomic E-state index is 0.0162. The van der Waals surface area contributed by atoms with Crippen LogP contribution in [-0.2, 0) is 16.2 Å². The molecule has 37 heavy (non-hydrogen) atoms. The molecule has 198 valence electrons. The number of aromatic nitrogens is 5. The number of ether oxygens (including phenoxy) is 1. The van der Waals surface area contributed by atoms with Crippen LogP contribution in [0.2, 0.25) is 0 Å². The fraction of sp³-hybridized carbons (Fsp3) is 0.600. The highest BCUT2D eigenvalue weighted by molar-refractivity contribution is 5.88. The lowest BCUT2D eigenvalue weighted by atomic mass is 10.1. The van der Waals surface area contributed by atoms with Crippen LogP contribution in [0, 0.1) is 12.8 Å². The van der Waals surface area contributed by atoms with Crippen molar-refractivity contribution in [2.45, 2.75) is 71.4 Å². The molecule has 3 aliphatic rings. The number of imidazole rings is 1. The van der Waals surface area contributed by atoms with E-state index in [1.165, 1.54) is 6.08 Å². The second-order valence-corrected chi connectivity index (χ2v) is 10.4. The van der Waals surface area contributed by atoms with Crippen molar-refractivity contribution in [1.82, 2.24) is 34.3 Å². The molecular weight excluding hydrogens is 474 g/mol. The first kappa shape index (κ1) is 25.1. The molecule has 2 aromatic rings. The van der Waals surface area contributed by atoms with Crippen LogP contribution in [0.1, 0.15) is 51.2 Å². The summed E-state index contributed by atoms with van der Waals surface area (Å²) < 4.78 is 7.34. The predicted molar refractivity (Wildman–Crippen MR) is 137 cm³/mol. The average Bonchev–Trinajstić information content (AvgIpc) is 3.45. The van der Waals surface area contributed by atoms with Gasteiger partial charge in [0.15, 0.2) is 0 Å². The van der Waals surface area contributed by atoms with E-state index >= 15 is 0 Å². The summed E-state index contributed by atoms with van der Waals surface area (Å²) in [6.07, 6.45) is 6.98. The summed E-state index contributed by atoms with van der Waals surface area (Å²) in [5, 5.41) is 3.31. The molecule has 12 heteroatoms. The van der Waals surface area contributed by atoms with Gasteiger partial charge in [0.05, 0.1) is 30.8 Å². The van der Waals surface area contributed by atoms with Gasteiger partial charge in [0.25, 0.3) is 0 Å². The molecule has 1 saturated carbocycles. The summed E-state index contributed by atoms with van der Waals surface area (Å²) in [6, 6.07) is 0.0241. The van der Waals surface area contributed by atoms with Crippen LogP contribution >= 0.6 is 0 Å². The number of aryl methyl sites for hydroxylation is 1. The Bertz CT molecular complexity index is 1170. The lowest BCUT2D eigenvalue weighted by Crippen LogP contribution is -2.58. The second-order valence-electron chi connectivity index (χ2n) is 10.4. The van der Waals surface area contributed by atoms with Crippen LogP contribution in [0.4, 0.5) is 16.7 Å². The molecule has 1 aliphatic carbocycles. The molecule has 0 bridgehead atoms. The smallest absolute Gasteiger partial charge is 0.417 e. The third-order valence-electron chi connectivity index (χ3n) is 7.25. The van der Waals surface area contributed by atoms with Gasteiger partial charge in [-0.1, -0.05) is 6.58 Å². The quantitative estimate of drug-likeness (QED) is 0.534. The zero-order valence-corrected chi connectivity index (χ0v) is 21.9. The van der Waals surface area contributed by atoms with E-state index in [2.05, 4.69) is 50.6 Å². The van der Waals surface area contributed by atoms with E-state index in [0.29, 0.717) is 36.9 Å². The molecule has 0 aromatic carbocycles. The Hall–Kier alpha value is -3.54. The highest BCUT2D eigenvalue weighted by Crippen LogP contribution is 2.39. The number of nitrogens with zero attached hydrogens (tertiary/aromatic N) is 8. The molecule has 12 nitrogen and oxygen atoms in total. The van der Waals surface area contributed by atoms with Gasteiger partial charge in [0, 0.05) is 31.4 Å². The van der Waals surface area contributed by atoms with E-state index in [1.54, 1.807) is 11.8 Å². The summed E-state index contributed by atoms with van der Waals surface area (Å²) >= 11 is 0. The van der Waals surface area contributed by atoms with Gasteiger partial charge in [-0.25, -0.2) is 14.7 Å². The van der Waals surface area contributed by atoms with E-state index in [0.717, 1.165) is 31.6 Å². The lowest BCUT2D eigenvalue weighted by molar-refractivity contribution is -0.134. The third kappa shape index (κ3) is 5.29. The lowest BCUT2D eigenvalue weighted by Gasteiger charge is -2.44. The highest BCUT2D eigenvalue weighted by Gasteiger charge is 2.45. The van der Waals surface area contributed by atoms with E-state index in [-0.39, 0.29) is 30.1 Å². The van der Waals surface area contributed by atoms with Crippen molar-refractivity contribution in [3.05, 3.63) is 36.7 Å². The standard InChI is InChI=1S/C25H35N9O3/c1-6-22(35)33-15(2)9-31(10-16(33)3)14-32-11-20(26-13-32)17(4)27-23-28-18(5)29-24(30-23)34-21(19-7-8-19)12-37-25(34)36/h6,11,13,15-17,19,21H,1,7-10,12,14H2,2-5H3,(H,27,28,29,30)/t15-,16+,17-,21?/m0/s1. The number of carbonyl (C=O) groups excluding carboxylic acids is 2. The largest absolute Gasteiger partial charge is 0.447 e. The highest BCUT2D eigenvalue weighted by atomic mass is 16.6. The number of carbonyl (C=O) groups is 2. The molecule has 0 radical (unpaired) electrons. The number of cyclic esters (lactones) is 1. The minimum Gasteiger partial charge on any atom is -0.447 e. The first-order valence-electron chi connectivity index (χ1n) is 12.9. The Kier molecular flexibility index (Phi) is 6.84. The maximum Gasteiger partial charge on any atom is 0.417 e. The number of rotatable bonds is 8. The molecule has 4 heterocycles. The Morgan fingerprint density at radius 1 is 1.24 bits per heavy atom. The molecule has 2 saturated heterocycles. The SMILES string of the molecule is C=CC(=O)N1[C@H](C)CN(Cn2cnc([C@H](C)Nc3nc(C)nc(N4C(=O)OCC4C4CC4)n3)c2)C[C@@H]1C. The van der Waals surface area contributed by atoms with Crippen LogP contribution in [0.25, 0.3) is 0 Å². The first-order valence-corrected chi connectivity index (χ1v) is 12.9. The molecule has 5 rings (SSSR count). The topological polar surface area (TPSA) is 122 Å². The number of hydrogen-bond acceptors (Lipinski definition) is 9. The monoisotopic (exact) mass is 509 g/mol. The maximum absolute atomic E-state index is 12.4. The molecule has 2 amide bonds. The van der Waals surface area contributed by atoms with E-state index in [1.807, 2.05) is 28.9 Å². The Labute approximate surface area is 216 Å². The molecule has 1 unspecified atom stereocenters.